The Bertz CT molecular complexity index is 880. The molecule has 3 aromatic rings. The molecule has 5 nitrogen and oxygen atoms in total. The molecular weight excluding hydrogens is 312 g/mol. The van der Waals surface area contributed by atoms with Crippen LogP contribution in [0.4, 0.5) is 0 Å². The minimum atomic E-state index is -0.228. The van der Waals surface area contributed by atoms with Crippen molar-refractivity contribution in [1.82, 2.24) is 15.4 Å². The molecule has 1 aromatic heterocycles. The van der Waals surface area contributed by atoms with Gasteiger partial charge in [-0.2, -0.15) is 15.4 Å². The molecule has 0 aliphatic rings. The highest BCUT2D eigenvalue weighted by Crippen LogP contribution is 2.43. The largest absolute Gasteiger partial charge is 0.507 e. The Morgan fingerprint density at radius 1 is 1.22 bits per heavy atom. The first-order chi connectivity index (χ1) is 10.8. The van der Waals surface area contributed by atoms with Crippen LogP contribution >= 0.6 is 11.6 Å². The van der Waals surface area contributed by atoms with Gasteiger partial charge in [0.25, 0.3) is 0 Å². The summed E-state index contributed by atoms with van der Waals surface area (Å²) < 4.78 is 0. The van der Waals surface area contributed by atoms with E-state index in [1.54, 1.807) is 12.1 Å². The van der Waals surface area contributed by atoms with Gasteiger partial charge in [-0.05, 0) is 29.2 Å². The minimum absolute atomic E-state index is 0.201. The molecular formula is C17H19ClN4O. The predicted molar refractivity (Wildman–Crippen MR) is 92.6 cm³/mol. The predicted octanol–water partition coefficient (Wildman–Crippen LogP) is 3.74. The highest BCUT2D eigenvalue weighted by Gasteiger charge is 2.24. The molecule has 23 heavy (non-hydrogen) atoms. The summed E-state index contributed by atoms with van der Waals surface area (Å²) in [6, 6.07) is 7.35. The van der Waals surface area contributed by atoms with Crippen LogP contribution < -0.4 is 5.73 Å². The molecule has 0 atom stereocenters. The Hall–Kier alpha value is -2.11. The number of hydrogen-bond donors (Lipinski definition) is 3. The Morgan fingerprint density at radius 2 is 1.96 bits per heavy atom. The van der Waals surface area contributed by atoms with Crippen LogP contribution in [0.1, 0.15) is 31.9 Å². The van der Waals surface area contributed by atoms with Crippen molar-refractivity contribution in [3.8, 4) is 16.9 Å². The van der Waals surface area contributed by atoms with Gasteiger partial charge in [0.2, 0.25) is 0 Å². The van der Waals surface area contributed by atoms with Gasteiger partial charge in [-0.15, -0.1) is 0 Å². The maximum Gasteiger partial charge on any atom is 0.127 e. The van der Waals surface area contributed by atoms with Gasteiger partial charge < -0.3 is 10.8 Å². The first-order valence-corrected chi connectivity index (χ1v) is 7.76. The number of rotatable bonds is 2. The number of hydrogen-bond acceptors (Lipinski definition) is 4. The average molecular weight is 331 g/mol. The monoisotopic (exact) mass is 330 g/mol. The number of nitrogens with one attached hydrogen (secondary N) is 1. The first kappa shape index (κ1) is 15.8. The number of H-pyrrole nitrogens is 1. The lowest BCUT2D eigenvalue weighted by atomic mass is 9.83. The lowest BCUT2D eigenvalue weighted by molar-refractivity contribution is 0.448. The van der Waals surface area contributed by atoms with Crippen molar-refractivity contribution in [1.29, 1.82) is 0 Å². The third-order valence-corrected chi connectivity index (χ3v) is 4.24. The Labute approximate surface area is 139 Å². The minimum Gasteiger partial charge on any atom is -0.507 e. The number of nitrogens with zero attached hydrogens (tertiary/aromatic N) is 2. The molecule has 0 spiro atoms. The molecule has 0 radical (unpaired) electrons. The van der Waals surface area contributed by atoms with Crippen LogP contribution in [0.15, 0.2) is 24.3 Å². The number of fused-ring (bicyclic) bond motifs is 1. The van der Waals surface area contributed by atoms with E-state index < -0.39 is 0 Å². The molecule has 120 valence electrons. The van der Waals surface area contributed by atoms with Crippen molar-refractivity contribution in [3.05, 3.63) is 40.4 Å². The summed E-state index contributed by atoms with van der Waals surface area (Å²) >= 11 is 6.40. The molecule has 0 bridgehead atoms. The highest BCUT2D eigenvalue weighted by atomic mass is 35.5. The summed E-state index contributed by atoms with van der Waals surface area (Å²) in [4.78, 5) is 0. The van der Waals surface area contributed by atoms with Gasteiger partial charge in [-0.1, -0.05) is 38.4 Å². The van der Waals surface area contributed by atoms with Gasteiger partial charge in [0.1, 0.15) is 16.8 Å². The van der Waals surface area contributed by atoms with E-state index >= 15 is 0 Å². The lowest BCUT2D eigenvalue weighted by Gasteiger charge is -2.23. The van der Waals surface area contributed by atoms with Gasteiger partial charge in [0.05, 0.1) is 5.02 Å². The number of aromatic amines is 1. The SMILES string of the molecule is CC(C)(C)c1cc(CN)cc(-c2c(Cl)ccc3n[nH]nc23)c1O. The Morgan fingerprint density at radius 3 is 2.61 bits per heavy atom. The fourth-order valence-corrected chi connectivity index (χ4v) is 2.97. The zero-order valence-electron chi connectivity index (χ0n) is 13.3. The fourth-order valence-electron chi connectivity index (χ4n) is 2.72. The van der Waals surface area contributed by atoms with Crippen molar-refractivity contribution in [3.63, 3.8) is 0 Å². The van der Waals surface area contributed by atoms with Crippen LogP contribution in [0.5, 0.6) is 5.75 Å². The molecule has 0 aliphatic heterocycles. The third kappa shape index (κ3) is 2.66. The van der Waals surface area contributed by atoms with Crippen LogP contribution in [-0.4, -0.2) is 20.5 Å². The number of phenols is 1. The Kier molecular flexibility index (Phi) is 3.78. The molecule has 3 rings (SSSR count). The number of aromatic hydroxyl groups is 1. The van der Waals surface area contributed by atoms with Crippen LogP contribution in [0.25, 0.3) is 22.2 Å². The Balaban J connectivity index is 2.39. The molecule has 2 aromatic carbocycles. The molecule has 0 saturated carbocycles. The van der Waals surface area contributed by atoms with E-state index in [4.69, 9.17) is 17.3 Å². The van der Waals surface area contributed by atoms with Crippen LogP contribution in [0, 0.1) is 0 Å². The number of phenolic OH excluding ortho intramolecular Hbond substituents is 1. The van der Waals surface area contributed by atoms with Crippen molar-refractivity contribution in [2.75, 3.05) is 0 Å². The van der Waals surface area contributed by atoms with Gasteiger partial charge in [-0.25, -0.2) is 0 Å². The maximum absolute atomic E-state index is 10.9. The second-order valence-corrected chi connectivity index (χ2v) is 7.01. The second kappa shape index (κ2) is 5.51. The lowest BCUT2D eigenvalue weighted by Crippen LogP contribution is -2.13. The number of benzene rings is 2. The molecule has 4 N–H and O–H groups in total. The smallest absolute Gasteiger partial charge is 0.127 e. The summed E-state index contributed by atoms with van der Waals surface area (Å²) in [5.41, 5.74) is 9.98. The van der Waals surface area contributed by atoms with Crippen molar-refractivity contribution < 1.29 is 5.11 Å². The van der Waals surface area contributed by atoms with Crippen LogP contribution in [0.2, 0.25) is 5.02 Å². The number of halogens is 1. The average Bonchev–Trinajstić information content (AvgIpc) is 2.95. The van der Waals surface area contributed by atoms with Gasteiger partial charge in [0, 0.05) is 23.2 Å². The molecule has 0 unspecified atom stereocenters. The number of aromatic nitrogens is 3. The van der Waals surface area contributed by atoms with E-state index in [9.17, 15) is 5.11 Å². The zero-order valence-corrected chi connectivity index (χ0v) is 14.1. The van der Waals surface area contributed by atoms with E-state index in [2.05, 4.69) is 15.4 Å². The van der Waals surface area contributed by atoms with E-state index in [0.717, 1.165) is 11.1 Å². The fraction of sp³-hybridized carbons (Fsp3) is 0.294. The topological polar surface area (TPSA) is 87.8 Å². The van der Waals surface area contributed by atoms with E-state index in [-0.39, 0.29) is 11.2 Å². The molecule has 6 heteroatoms. The van der Waals surface area contributed by atoms with Crippen LogP contribution in [0.3, 0.4) is 0 Å². The van der Waals surface area contributed by atoms with Crippen molar-refractivity contribution in [2.45, 2.75) is 32.7 Å². The number of nitrogens with two attached hydrogens (primary N) is 1. The first-order valence-electron chi connectivity index (χ1n) is 7.38. The summed E-state index contributed by atoms with van der Waals surface area (Å²) in [5, 5.41) is 22.2. The molecule has 0 amide bonds. The van der Waals surface area contributed by atoms with E-state index in [0.29, 0.717) is 33.7 Å². The quantitative estimate of drug-likeness (QED) is 0.668. The van der Waals surface area contributed by atoms with Crippen LogP contribution in [-0.2, 0) is 12.0 Å². The highest BCUT2D eigenvalue weighted by molar-refractivity contribution is 6.35. The summed E-state index contributed by atoms with van der Waals surface area (Å²) in [6.07, 6.45) is 0. The normalized spacial score (nSPS) is 12.0. The zero-order chi connectivity index (χ0) is 16.8. The third-order valence-electron chi connectivity index (χ3n) is 3.92. The molecule has 1 heterocycles. The summed E-state index contributed by atoms with van der Waals surface area (Å²) in [6.45, 7) is 6.52. The van der Waals surface area contributed by atoms with E-state index in [1.807, 2.05) is 32.9 Å². The van der Waals surface area contributed by atoms with Gasteiger partial charge in [-0.3, -0.25) is 0 Å². The molecule has 0 aliphatic carbocycles. The standard InChI is InChI=1S/C17H19ClN4O/c1-17(2,3)11-7-9(8-19)6-10(16(11)23)14-12(18)4-5-13-15(14)21-22-20-13/h4-7,23H,8,19H2,1-3H3,(H,20,21,22). The van der Waals surface area contributed by atoms with E-state index in [1.165, 1.54) is 0 Å². The van der Waals surface area contributed by atoms with Gasteiger partial charge >= 0.3 is 0 Å². The molecule has 0 saturated heterocycles. The maximum atomic E-state index is 10.9. The van der Waals surface area contributed by atoms with Crippen molar-refractivity contribution in [2.24, 2.45) is 5.73 Å². The molecule has 0 fully saturated rings. The second-order valence-electron chi connectivity index (χ2n) is 6.61. The van der Waals surface area contributed by atoms with Gasteiger partial charge in [0.15, 0.2) is 0 Å². The van der Waals surface area contributed by atoms with Crippen molar-refractivity contribution >= 4 is 22.6 Å². The summed E-state index contributed by atoms with van der Waals surface area (Å²) in [7, 11) is 0. The summed E-state index contributed by atoms with van der Waals surface area (Å²) in [5.74, 6) is 0.201.